The molecule has 0 spiro atoms. The molecule has 0 saturated carbocycles. The highest BCUT2D eigenvalue weighted by Gasteiger charge is 2.17. The highest BCUT2D eigenvalue weighted by Crippen LogP contribution is 2.14. The van der Waals surface area contributed by atoms with Gasteiger partial charge in [0.1, 0.15) is 5.69 Å². The SMILES string of the molecule is Cc1ccc(-c2noc(CCC(=O)N3CCCCCC3)n2)nn1. The van der Waals surface area contributed by atoms with Gasteiger partial charge in [-0.25, -0.2) is 0 Å². The number of hydrogen-bond donors (Lipinski definition) is 0. The van der Waals surface area contributed by atoms with Crippen LogP contribution in [0.25, 0.3) is 11.5 Å². The third-order valence-electron chi connectivity index (χ3n) is 4.01. The Kier molecular flexibility index (Phi) is 4.95. The minimum atomic E-state index is 0.168. The van der Waals surface area contributed by atoms with Crippen LogP contribution in [0, 0.1) is 6.92 Å². The van der Waals surface area contributed by atoms with Crippen molar-refractivity contribution < 1.29 is 9.32 Å². The van der Waals surface area contributed by atoms with E-state index in [1.54, 1.807) is 6.07 Å². The second-order valence-corrected chi connectivity index (χ2v) is 5.87. The summed E-state index contributed by atoms with van der Waals surface area (Å²) in [7, 11) is 0. The minimum absolute atomic E-state index is 0.168. The first-order chi connectivity index (χ1) is 11.2. The van der Waals surface area contributed by atoms with Crippen LogP contribution in [0.4, 0.5) is 0 Å². The number of aromatic nitrogens is 4. The fourth-order valence-corrected chi connectivity index (χ4v) is 2.67. The fraction of sp³-hybridized carbons (Fsp3) is 0.562. The van der Waals surface area contributed by atoms with Gasteiger partial charge < -0.3 is 9.42 Å². The number of hydrogen-bond acceptors (Lipinski definition) is 6. The summed E-state index contributed by atoms with van der Waals surface area (Å²) in [5, 5.41) is 11.9. The molecule has 122 valence electrons. The van der Waals surface area contributed by atoms with Crippen LogP contribution in [0.5, 0.6) is 0 Å². The Morgan fingerprint density at radius 1 is 1.17 bits per heavy atom. The molecule has 7 heteroatoms. The Balaban J connectivity index is 1.56. The molecule has 7 nitrogen and oxygen atoms in total. The van der Waals surface area contributed by atoms with E-state index in [-0.39, 0.29) is 5.91 Å². The third-order valence-corrected chi connectivity index (χ3v) is 4.01. The maximum absolute atomic E-state index is 12.3. The van der Waals surface area contributed by atoms with Gasteiger partial charge in [0, 0.05) is 25.9 Å². The van der Waals surface area contributed by atoms with Crippen molar-refractivity contribution in [3.8, 4) is 11.5 Å². The lowest BCUT2D eigenvalue weighted by atomic mass is 10.2. The Hall–Kier alpha value is -2.31. The predicted octanol–water partition coefficient (Wildman–Crippen LogP) is 2.17. The van der Waals surface area contributed by atoms with Crippen molar-refractivity contribution in [3.05, 3.63) is 23.7 Å². The number of nitrogens with zero attached hydrogens (tertiary/aromatic N) is 5. The lowest BCUT2D eigenvalue weighted by Gasteiger charge is -2.19. The van der Waals surface area contributed by atoms with Crippen LogP contribution in [-0.4, -0.2) is 44.2 Å². The predicted molar refractivity (Wildman–Crippen MR) is 83.4 cm³/mol. The van der Waals surface area contributed by atoms with Gasteiger partial charge in [-0.1, -0.05) is 18.0 Å². The van der Waals surface area contributed by atoms with Gasteiger partial charge in [0.05, 0.1) is 5.69 Å². The monoisotopic (exact) mass is 315 g/mol. The van der Waals surface area contributed by atoms with Crippen molar-refractivity contribution in [1.82, 2.24) is 25.2 Å². The van der Waals surface area contributed by atoms with Crippen molar-refractivity contribution in [2.75, 3.05) is 13.1 Å². The summed E-state index contributed by atoms with van der Waals surface area (Å²) < 4.78 is 5.21. The smallest absolute Gasteiger partial charge is 0.227 e. The number of likely N-dealkylation sites (tertiary alicyclic amines) is 1. The quantitative estimate of drug-likeness (QED) is 0.859. The third kappa shape index (κ3) is 4.12. The number of carbonyl (C=O) groups is 1. The van der Waals surface area contributed by atoms with Crippen molar-refractivity contribution in [3.63, 3.8) is 0 Å². The van der Waals surface area contributed by atoms with E-state index < -0.39 is 0 Å². The van der Waals surface area contributed by atoms with Crippen LogP contribution in [0.2, 0.25) is 0 Å². The normalized spacial score (nSPS) is 15.4. The molecule has 2 aromatic rings. The summed E-state index contributed by atoms with van der Waals surface area (Å²) in [6.07, 6.45) is 5.50. The molecule has 1 amide bonds. The van der Waals surface area contributed by atoms with E-state index >= 15 is 0 Å². The van der Waals surface area contributed by atoms with Gasteiger partial charge in [0.25, 0.3) is 0 Å². The molecule has 1 saturated heterocycles. The average molecular weight is 315 g/mol. The maximum Gasteiger partial charge on any atom is 0.227 e. The molecule has 0 bridgehead atoms. The van der Waals surface area contributed by atoms with Gasteiger partial charge in [-0.15, -0.1) is 5.10 Å². The molecule has 2 aromatic heterocycles. The van der Waals surface area contributed by atoms with E-state index in [2.05, 4.69) is 20.3 Å². The van der Waals surface area contributed by atoms with Crippen molar-refractivity contribution in [2.24, 2.45) is 0 Å². The summed E-state index contributed by atoms with van der Waals surface area (Å²) in [5.41, 5.74) is 1.41. The summed E-state index contributed by atoms with van der Waals surface area (Å²) in [5.74, 6) is 1.04. The Morgan fingerprint density at radius 3 is 2.65 bits per heavy atom. The molecule has 3 heterocycles. The second-order valence-electron chi connectivity index (χ2n) is 5.87. The van der Waals surface area contributed by atoms with Gasteiger partial charge in [-0.05, 0) is 31.9 Å². The number of rotatable bonds is 4. The van der Waals surface area contributed by atoms with Crippen molar-refractivity contribution in [1.29, 1.82) is 0 Å². The summed E-state index contributed by atoms with van der Waals surface area (Å²) >= 11 is 0. The Labute approximate surface area is 135 Å². The molecule has 23 heavy (non-hydrogen) atoms. The van der Waals surface area contributed by atoms with Gasteiger partial charge in [0.15, 0.2) is 0 Å². The average Bonchev–Trinajstić information content (AvgIpc) is 2.86. The molecule has 0 radical (unpaired) electrons. The van der Waals surface area contributed by atoms with E-state index in [0.29, 0.717) is 30.3 Å². The molecule has 1 aliphatic heterocycles. The van der Waals surface area contributed by atoms with Crippen LogP contribution in [0.1, 0.15) is 43.7 Å². The van der Waals surface area contributed by atoms with Gasteiger partial charge in [-0.3, -0.25) is 4.79 Å². The van der Waals surface area contributed by atoms with E-state index in [0.717, 1.165) is 31.6 Å². The first-order valence-electron chi connectivity index (χ1n) is 8.13. The molecule has 1 aliphatic rings. The number of amides is 1. The molecular formula is C16H21N5O2. The van der Waals surface area contributed by atoms with Crippen LogP contribution >= 0.6 is 0 Å². The largest absolute Gasteiger partial charge is 0.343 e. The zero-order valence-electron chi connectivity index (χ0n) is 13.4. The lowest BCUT2D eigenvalue weighted by Crippen LogP contribution is -2.31. The van der Waals surface area contributed by atoms with Crippen molar-refractivity contribution in [2.45, 2.75) is 45.4 Å². The lowest BCUT2D eigenvalue weighted by molar-refractivity contribution is -0.131. The molecule has 0 aromatic carbocycles. The van der Waals surface area contributed by atoms with Crippen LogP contribution in [-0.2, 0) is 11.2 Å². The second kappa shape index (κ2) is 7.30. The summed E-state index contributed by atoms with van der Waals surface area (Å²) in [6.45, 7) is 3.60. The maximum atomic E-state index is 12.3. The summed E-state index contributed by atoms with van der Waals surface area (Å²) in [4.78, 5) is 18.5. The molecular weight excluding hydrogens is 294 g/mol. The van der Waals surface area contributed by atoms with Crippen molar-refractivity contribution >= 4 is 5.91 Å². The fourth-order valence-electron chi connectivity index (χ4n) is 2.67. The number of carbonyl (C=O) groups excluding carboxylic acids is 1. The molecule has 1 fully saturated rings. The van der Waals surface area contributed by atoms with Gasteiger partial charge in [0.2, 0.25) is 17.6 Å². The first-order valence-corrected chi connectivity index (χ1v) is 8.13. The van der Waals surface area contributed by atoms with Crippen LogP contribution in [0.3, 0.4) is 0 Å². The highest BCUT2D eigenvalue weighted by atomic mass is 16.5. The standard InChI is InChI=1S/C16H21N5O2/c1-12-6-7-13(19-18-12)16-17-14(23-20-16)8-9-15(22)21-10-4-2-3-5-11-21/h6-7H,2-5,8-11H2,1H3. The Bertz CT molecular complexity index is 645. The minimum Gasteiger partial charge on any atom is -0.343 e. The van der Waals surface area contributed by atoms with E-state index in [1.165, 1.54) is 12.8 Å². The van der Waals surface area contributed by atoms with E-state index in [1.807, 2.05) is 17.9 Å². The van der Waals surface area contributed by atoms with E-state index in [9.17, 15) is 4.79 Å². The topological polar surface area (TPSA) is 85.0 Å². The Morgan fingerprint density at radius 2 is 1.96 bits per heavy atom. The van der Waals surface area contributed by atoms with Crippen LogP contribution < -0.4 is 0 Å². The highest BCUT2D eigenvalue weighted by molar-refractivity contribution is 5.76. The zero-order valence-corrected chi connectivity index (χ0v) is 13.4. The number of aryl methyl sites for hydroxylation is 2. The van der Waals surface area contributed by atoms with Gasteiger partial charge >= 0.3 is 0 Å². The van der Waals surface area contributed by atoms with Crippen LogP contribution in [0.15, 0.2) is 16.7 Å². The van der Waals surface area contributed by atoms with Gasteiger partial charge in [-0.2, -0.15) is 10.1 Å². The molecule has 0 unspecified atom stereocenters. The van der Waals surface area contributed by atoms with E-state index in [4.69, 9.17) is 4.52 Å². The molecule has 0 N–H and O–H groups in total. The summed E-state index contributed by atoms with van der Waals surface area (Å²) in [6, 6.07) is 3.65. The first kappa shape index (κ1) is 15.6. The molecule has 0 aliphatic carbocycles. The molecule has 3 rings (SSSR count). The molecule has 0 atom stereocenters. The zero-order chi connectivity index (χ0) is 16.1.